The van der Waals surface area contributed by atoms with Crippen LogP contribution in [0.15, 0.2) is 0 Å². The molecule has 0 aromatic rings. The van der Waals surface area contributed by atoms with Gasteiger partial charge in [-0.05, 0) is 19.3 Å². The predicted octanol–water partition coefficient (Wildman–Crippen LogP) is 6.66. The van der Waals surface area contributed by atoms with E-state index in [9.17, 15) is 4.79 Å². The molecule has 0 aliphatic heterocycles. The van der Waals surface area contributed by atoms with Crippen molar-refractivity contribution in [3.8, 4) is 0 Å². The maximum absolute atomic E-state index is 10.2. The summed E-state index contributed by atoms with van der Waals surface area (Å²) in [7, 11) is 0. The summed E-state index contributed by atoms with van der Waals surface area (Å²) in [6.45, 7) is 2.25. The van der Waals surface area contributed by atoms with Crippen LogP contribution in [0.4, 0.5) is 0 Å². The van der Waals surface area contributed by atoms with Crippen molar-refractivity contribution in [2.45, 2.75) is 109 Å². The minimum Gasteiger partial charge on any atom is -0.303 e. The van der Waals surface area contributed by atoms with E-state index in [0.29, 0.717) is 5.38 Å². The van der Waals surface area contributed by atoms with E-state index in [-0.39, 0.29) is 0 Å². The molecule has 0 aliphatic carbocycles. The highest BCUT2D eigenvalue weighted by molar-refractivity contribution is 6.20. The second-order valence-electron chi connectivity index (χ2n) is 6.02. The lowest BCUT2D eigenvalue weighted by Gasteiger charge is -2.08. The van der Waals surface area contributed by atoms with Gasteiger partial charge in [0.15, 0.2) is 0 Å². The zero-order chi connectivity index (χ0) is 14.9. The molecule has 0 aromatic heterocycles. The van der Waals surface area contributed by atoms with Crippen molar-refractivity contribution < 1.29 is 4.79 Å². The van der Waals surface area contributed by atoms with Gasteiger partial charge in [0, 0.05) is 11.8 Å². The zero-order valence-corrected chi connectivity index (χ0v) is 14.3. The lowest BCUT2D eigenvalue weighted by atomic mass is 10.0. The molecule has 1 unspecified atom stereocenters. The van der Waals surface area contributed by atoms with Crippen LogP contribution < -0.4 is 0 Å². The summed E-state index contributed by atoms with van der Waals surface area (Å²) in [4.78, 5) is 10.2. The lowest BCUT2D eigenvalue weighted by molar-refractivity contribution is -0.107. The van der Waals surface area contributed by atoms with E-state index in [4.69, 9.17) is 11.6 Å². The number of carbonyl (C=O) groups excluding carboxylic acids is 1. The van der Waals surface area contributed by atoms with E-state index in [2.05, 4.69) is 6.92 Å². The van der Waals surface area contributed by atoms with Gasteiger partial charge in [0.05, 0.1) is 0 Å². The molecule has 0 N–H and O–H groups in total. The van der Waals surface area contributed by atoms with E-state index in [0.717, 1.165) is 19.1 Å². The Bertz CT molecular complexity index is 194. The predicted molar refractivity (Wildman–Crippen MR) is 90.6 cm³/mol. The minimum atomic E-state index is 0.412. The molecule has 1 atom stereocenters. The van der Waals surface area contributed by atoms with Gasteiger partial charge < -0.3 is 4.79 Å². The molecule has 0 aliphatic rings. The molecule has 0 saturated carbocycles. The summed E-state index contributed by atoms with van der Waals surface area (Å²) >= 11 is 6.34. The number of hydrogen-bond acceptors (Lipinski definition) is 1. The first-order valence-electron chi connectivity index (χ1n) is 8.89. The fraction of sp³-hybridized carbons (Fsp3) is 0.944. The van der Waals surface area contributed by atoms with Crippen molar-refractivity contribution in [3.63, 3.8) is 0 Å². The van der Waals surface area contributed by atoms with Crippen LogP contribution in [0, 0.1) is 0 Å². The maximum Gasteiger partial charge on any atom is 0.119 e. The average molecular weight is 303 g/mol. The lowest BCUT2D eigenvalue weighted by Crippen LogP contribution is -1.98. The Labute approximate surface area is 131 Å². The van der Waals surface area contributed by atoms with E-state index in [1.165, 1.54) is 83.5 Å². The van der Waals surface area contributed by atoms with Gasteiger partial charge in [0.2, 0.25) is 0 Å². The highest BCUT2D eigenvalue weighted by atomic mass is 35.5. The summed E-state index contributed by atoms with van der Waals surface area (Å²) in [5.74, 6) is 0. The Kier molecular flexibility index (Phi) is 17.0. The average Bonchev–Trinajstić information content (AvgIpc) is 2.45. The third-order valence-electron chi connectivity index (χ3n) is 3.96. The van der Waals surface area contributed by atoms with Gasteiger partial charge in [-0.2, -0.15) is 0 Å². The van der Waals surface area contributed by atoms with Gasteiger partial charge in [0.1, 0.15) is 6.29 Å². The SMILES string of the molecule is CCCCCCC(Cl)CCCCCCCCCCC=O. The summed E-state index contributed by atoms with van der Waals surface area (Å²) in [5, 5.41) is 0.412. The zero-order valence-electron chi connectivity index (χ0n) is 13.5. The van der Waals surface area contributed by atoms with Crippen LogP contribution >= 0.6 is 11.6 Å². The molecule has 0 saturated heterocycles. The van der Waals surface area contributed by atoms with Gasteiger partial charge in [-0.25, -0.2) is 0 Å². The molecule has 20 heavy (non-hydrogen) atoms. The Morgan fingerprint density at radius 3 is 1.70 bits per heavy atom. The van der Waals surface area contributed by atoms with Crippen molar-refractivity contribution in [1.29, 1.82) is 0 Å². The topological polar surface area (TPSA) is 17.1 Å². The molecule has 0 heterocycles. The Hall–Kier alpha value is -0.0400. The van der Waals surface area contributed by atoms with E-state index >= 15 is 0 Å². The summed E-state index contributed by atoms with van der Waals surface area (Å²) < 4.78 is 0. The van der Waals surface area contributed by atoms with Crippen LogP contribution in [0.1, 0.15) is 103 Å². The number of rotatable bonds is 16. The molecular weight excluding hydrogens is 268 g/mol. The minimum absolute atomic E-state index is 0.412. The van der Waals surface area contributed by atoms with Crippen molar-refractivity contribution in [1.82, 2.24) is 0 Å². The third kappa shape index (κ3) is 16.0. The Balaban J connectivity index is 3.09. The van der Waals surface area contributed by atoms with Gasteiger partial charge in [0.25, 0.3) is 0 Å². The molecule has 0 bridgehead atoms. The smallest absolute Gasteiger partial charge is 0.119 e. The molecule has 0 spiro atoms. The van der Waals surface area contributed by atoms with Crippen molar-refractivity contribution >= 4 is 17.9 Å². The molecule has 0 amide bonds. The molecule has 120 valence electrons. The van der Waals surface area contributed by atoms with Crippen LogP contribution in [0.5, 0.6) is 0 Å². The fourth-order valence-electron chi connectivity index (χ4n) is 2.59. The molecular formula is C18H35ClO. The van der Waals surface area contributed by atoms with Crippen LogP contribution in [0.2, 0.25) is 0 Å². The van der Waals surface area contributed by atoms with Crippen LogP contribution in [-0.2, 0) is 4.79 Å². The number of unbranched alkanes of at least 4 members (excludes halogenated alkanes) is 11. The van der Waals surface area contributed by atoms with Crippen LogP contribution in [0.25, 0.3) is 0 Å². The molecule has 0 rings (SSSR count). The first-order chi connectivity index (χ1) is 9.81. The first kappa shape index (κ1) is 20.0. The molecule has 1 nitrogen and oxygen atoms in total. The van der Waals surface area contributed by atoms with Gasteiger partial charge in [-0.15, -0.1) is 11.6 Å². The van der Waals surface area contributed by atoms with Gasteiger partial charge in [-0.1, -0.05) is 77.6 Å². The summed E-state index contributed by atoms with van der Waals surface area (Å²) in [6.07, 6.45) is 19.8. The first-order valence-corrected chi connectivity index (χ1v) is 9.32. The van der Waals surface area contributed by atoms with Crippen molar-refractivity contribution in [2.24, 2.45) is 0 Å². The fourth-order valence-corrected chi connectivity index (χ4v) is 2.90. The third-order valence-corrected chi connectivity index (χ3v) is 4.40. The molecule has 2 heteroatoms. The van der Waals surface area contributed by atoms with Gasteiger partial charge >= 0.3 is 0 Å². The highest BCUT2D eigenvalue weighted by Gasteiger charge is 2.03. The highest BCUT2D eigenvalue weighted by Crippen LogP contribution is 2.17. The molecule has 0 fully saturated rings. The number of halogens is 1. The number of alkyl halides is 1. The van der Waals surface area contributed by atoms with Crippen LogP contribution in [0.3, 0.4) is 0 Å². The quantitative estimate of drug-likeness (QED) is 0.177. The monoisotopic (exact) mass is 302 g/mol. The van der Waals surface area contributed by atoms with Crippen molar-refractivity contribution in [2.75, 3.05) is 0 Å². The maximum atomic E-state index is 10.2. The Morgan fingerprint density at radius 1 is 0.750 bits per heavy atom. The second-order valence-corrected chi connectivity index (χ2v) is 6.64. The standard InChI is InChI=1S/C18H35ClO/c1-2-3-4-12-15-18(19)16-13-10-8-6-5-7-9-11-14-17-20/h17-18H,2-16H2,1H3. The molecule has 0 aromatic carbocycles. The van der Waals surface area contributed by atoms with Gasteiger partial charge in [-0.3, -0.25) is 0 Å². The van der Waals surface area contributed by atoms with E-state index in [1.54, 1.807) is 0 Å². The largest absolute Gasteiger partial charge is 0.303 e. The molecule has 0 radical (unpaired) electrons. The van der Waals surface area contributed by atoms with Crippen molar-refractivity contribution in [3.05, 3.63) is 0 Å². The van der Waals surface area contributed by atoms with E-state index in [1.807, 2.05) is 0 Å². The number of carbonyl (C=O) groups is 1. The second kappa shape index (κ2) is 17.0. The Morgan fingerprint density at radius 2 is 1.20 bits per heavy atom. The summed E-state index contributed by atoms with van der Waals surface area (Å²) in [5.41, 5.74) is 0. The van der Waals surface area contributed by atoms with E-state index < -0.39 is 0 Å². The summed E-state index contributed by atoms with van der Waals surface area (Å²) in [6, 6.07) is 0. The normalized spacial score (nSPS) is 12.5. The number of hydrogen-bond donors (Lipinski definition) is 0. The van der Waals surface area contributed by atoms with Crippen LogP contribution in [-0.4, -0.2) is 11.7 Å². The number of aldehydes is 1.